The molecule has 0 atom stereocenters. The van der Waals surface area contributed by atoms with Gasteiger partial charge in [-0.25, -0.2) is 0 Å². The van der Waals surface area contributed by atoms with Crippen LogP contribution < -0.4 is 0 Å². The van der Waals surface area contributed by atoms with Crippen LogP contribution in [-0.2, 0) is 19.2 Å². The van der Waals surface area contributed by atoms with Gasteiger partial charge in [0.2, 0.25) is 0 Å². The molecular formula is C23H41N3O8. The fourth-order valence-corrected chi connectivity index (χ4v) is 4.52. The Morgan fingerprint density at radius 2 is 0.882 bits per heavy atom. The van der Waals surface area contributed by atoms with Crippen molar-refractivity contribution < 1.29 is 39.6 Å². The zero-order valence-corrected chi connectivity index (χ0v) is 20.1. The molecule has 1 fully saturated rings. The molecule has 0 radical (unpaired) electrons. The molecule has 0 aliphatic heterocycles. The number of nitrogens with zero attached hydrogens (tertiary/aromatic N) is 3. The van der Waals surface area contributed by atoms with Crippen LogP contribution in [0.3, 0.4) is 0 Å². The van der Waals surface area contributed by atoms with Gasteiger partial charge in [0.05, 0.1) is 26.2 Å². The lowest BCUT2D eigenvalue weighted by Crippen LogP contribution is -2.44. The highest BCUT2D eigenvalue weighted by atomic mass is 16.4. The van der Waals surface area contributed by atoms with Crippen molar-refractivity contribution in [1.29, 1.82) is 0 Å². The number of carboxylic acids is 4. The second-order valence-corrected chi connectivity index (χ2v) is 9.19. The third kappa shape index (κ3) is 15.6. The van der Waals surface area contributed by atoms with Gasteiger partial charge in [0.15, 0.2) is 0 Å². The molecule has 1 aliphatic carbocycles. The summed E-state index contributed by atoms with van der Waals surface area (Å²) < 4.78 is 0. The summed E-state index contributed by atoms with van der Waals surface area (Å²) >= 11 is 0. The molecule has 0 aromatic heterocycles. The van der Waals surface area contributed by atoms with Crippen LogP contribution in [0.1, 0.15) is 57.8 Å². The first kappa shape index (κ1) is 29.8. The third-order valence-corrected chi connectivity index (χ3v) is 6.21. The molecule has 0 spiro atoms. The molecule has 0 aromatic carbocycles. The molecular weight excluding hydrogens is 446 g/mol. The number of carbonyl (C=O) groups is 4. The first-order valence-corrected chi connectivity index (χ1v) is 12.2. The van der Waals surface area contributed by atoms with E-state index in [1.54, 1.807) is 4.90 Å². The van der Waals surface area contributed by atoms with Crippen LogP contribution in [-0.4, -0.2) is 118 Å². The van der Waals surface area contributed by atoms with Crippen molar-refractivity contribution in [3.05, 3.63) is 0 Å². The summed E-state index contributed by atoms with van der Waals surface area (Å²) in [4.78, 5) is 49.2. The van der Waals surface area contributed by atoms with E-state index in [-0.39, 0.29) is 32.7 Å². The molecule has 34 heavy (non-hydrogen) atoms. The summed E-state index contributed by atoms with van der Waals surface area (Å²) in [5.41, 5.74) is 0. The van der Waals surface area contributed by atoms with Crippen LogP contribution in [0.2, 0.25) is 0 Å². The predicted octanol–water partition coefficient (Wildman–Crippen LogP) is 1.37. The fraction of sp³-hybridized carbons (Fsp3) is 0.826. The van der Waals surface area contributed by atoms with E-state index in [1.807, 2.05) is 4.90 Å². The van der Waals surface area contributed by atoms with Crippen LogP contribution >= 0.6 is 0 Å². The van der Waals surface area contributed by atoms with Gasteiger partial charge in [-0.05, 0) is 25.3 Å². The van der Waals surface area contributed by atoms with Gasteiger partial charge in [-0.1, -0.05) is 44.9 Å². The lowest BCUT2D eigenvalue weighted by molar-refractivity contribution is -0.143. The van der Waals surface area contributed by atoms with E-state index in [4.69, 9.17) is 10.2 Å². The molecule has 4 N–H and O–H groups in total. The number of hydrogen-bond acceptors (Lipinski definition) is 7. The van der Waals surface area contributed by atoms with Crippen LogP contribution in [0.5, 0.6) is 0 Å². The zero-order valence-electron chi connectivity index (χ0n) is 20.1. The Morgan fingerprint density at radius 1 is 0.529 bits per heavy atom. The van der Waals surface area contributed by atoms with Crippen molar-refractivity contribution in [1.82, 2.24) is 14.7 Å². The highest BCUT2D eigenvalue weighted by Crippen LogP contribution is 2.25. The van der Waals surface area contributed by atoms with E-state index >= 15 is 0 Å². The molecule has 0 heterocycles. The molecule has 196 valence electrons. The van der Waals surface area contributed by atoms with Crippen LogP contribution in [0, 0.1) is 5.92 Å². The Labute approximate surface area is 201 Å². The van der Waals surface area contributed by atoms with Gasteiger partial charge in [-0.15, -0.1) is 0 Å². The second kappa shape index (κ2) is 17.2. The van der Waals surface area contributed by atoms with Gasteiger partial charge in [0.25, 0.3) is 0 Å². The maximum Gasteiger partial charge on any atom is 0.317 e. The second-order valence-electron chi connectivity index (χ2n) is 9.19. The maximum atomic E-state index is 11.3. The van der Waals surface area contributed by atoms with Crippen LogP contribution in [0.4, 0.5) is 0 Å². The number of aliphatic carboxylic acids is 4. The van der Waals surface area contributed by atoms with E-state index in [1.165, 1.54) is 49.8 Å². The predicted molar refractivity (Wildman–Crippen MR) is 125 cm³/mol. The quantitative estimate of drug-likeness (QED) is 0.221. The smallest absolute Gasteiger partial charge is 0.317 e. The van der Waals surface area contributed by atoms with E-state index in [0.717, 1.165) is 12.8 Å². The lowest BCUT2D eigenvalue weighted by Gasteiger charge is -2.28. The molecule has 11 nitrogen and oxygen atoms in total. The highest BCUT2D eigenvalue weighted by Gasteiger charge is 2.19. The number of rotatable bonds is 18. The standard InChI is InChI=1S/C23H41N3O8/c27-20(28)15-24(10-6-9-19-7-4-2-1-3-5-8-19)11-12-25(16-21(29)30)13-14-26(17-22(31)32)18-23(33)34/h19H,1-18H2,(H,27,28)(H,29,30)(H,31,32)(H,33,34). The van der Waals surface area contributed by atoms with Crippen molar-refractivity contribution in [2.75, 3.05) is 58.9 Å². The largest absolute Gasteiger partial charge is 0.480 e. The average molecular weight is 488 g/mol. The van der Waals surface area contributed by atoms with Gasteiger partial charge in [0.1, 0.15) is 0 Å². The molecule has 1 rings (SSSR count). The van der Waals surface area contributed by atoms with Gasteiger partial charge in [0, 0.05) is 26.2 Å². The van der Waals surface area contributed by atoms with E-state index < -0.39 is 37.0 Å². The Morgan fingerprint density at radius 3 is 1.32 bits per heavy atom. The molecule has 0 bridgehead atoms. The van der Waals surface area contributed by atoms with Crippen molar-refractivity contribution in [3.8, 4) is 0 Å². The summed E-state index contributed by atoms with van der Waals surface area (Å²) in [6, 6.07) is 0. The molecule has 0 amide bonds. The van der Waals surface area contributed by atoms with Crippen LogP contribution in [0.25, 0.3) is 0 Å². The van der Waals surface area contributed by atoms with Gasteiger partial charge < -0.3 is 20.4 Å². The first-order chi connectivity index (χ1) is 16.2. The minimum Gasteiger partial charge on any atom is -0.480 e. The highest BCUT2D eigenvalue weighted by molar-refractivity contribution is 5.72. The van der Waals surface area contributed by atoms with E-state index in [0.29, 0.717) is 19.0 Å². The summed E-state index contributed by atoms with van der Waals surface area (Å²) in [5.74, 6) is -3.64. The molecule has 1 saturated carbocycles. The van der Waals surface area contributed by atoms with E-state index in [2.05, 4.69) is 0 Å². The van der Waals surface area contributed by atoms with Gasteiger partial charge in [-0.2, -0.15) is 0 Å². The normalized spacial score (nSPS) is 15.4. The molecule has 11 heteroatoms. The molecule has 0 unspecified atom stereocenters. The minimum absolute atomic E-state index is 0.0759. The SMILES string of the molecule is O=C(O)CN(CCCC1CCCCCCC1)CCN(CCN(CC(=O)O)CC(=O)O)CC(=O)O. The average Bonchev–Trinajstić information content (AvgIpc) is 2.69. The number of carboxylic acid groups (broad SMARTS) is 4. The Kier molecular flexibility index (Phi) is 15.1. The molecule has 1 aliphatic rings. The van der Waals surface area contributed by atoms with Gasteiger partial charge >= 0.3 is 23.9 Å². The minimum atomic E-state index is -1.16. The maximum absolute atomic E-state index is 11.3. The Hall–Kier alpha value is -2.24. The molecule has 0 aromatic rings. The van der Waals surface area contributed by atoms with Crippen molar-refractivity contribution in [2.45, 2.75) is 57.8 Å². The first-order valence-electron chi connectivity index (χ1n) is 12.2. The zero-order chi connectivity index (χ0) is 25.3. The van der Waals surface area contributed by atoms with Crippen molar-refractivity contribution in [3.63, 3.8) is 0 Å². The lowest BCUT2D eigenvalue weighted by atomic mass is 9.88. The summed E-state index contributed by atoms with van der Waals surface area (Å²) in [6.45, 7) is 0.168. The monoisotopic (exact) mass is 487 g/mol. The summed E-state index contributed by atoms with van der Waals surface area (Å²) in [6.07, 6.45) is 10.8. The van der Waals surface area contributed by atoms with Gasteiger partial charge in [-0.3, -0.25) is 33.9 Å². The summed E-state index contributed by atoms with van der Waals surface area (Å²) in [5, 5.41) is 36.5. The Balaban J connectivity index is 2.59. The van der Waals surface area contributed by atoms with E-state index in [9.17, 15) is 29.4 Å². The number of hydrogen-bond donors (Lipinski definition) is 4. The van der Waals surface area contributed by atoms with Crippen molar-refractivity contribution in [2.24, 2.45) is 5.92 Å². The summed E-state index contributed by atoms with van der Waals surface area (Å²) in [7, 11) is 0. The Bertz CT molecular complexity index is 622. The fourth-order valence-electron chi connectivity index (χ4n) is 4.52. The molecule has 0 saturated heterocycles. The topological polar surface area (TPSA) is 159 Å². The van der Waals surface area contributed by atoms with Crippen molar-refractivity contribution >= 4 is 23.9 Å². The van der Waals surface area contributed by atoms with Crippen LogP contribution in [0.15, 0.2) is 0 Å². The third-order valence-electron chi connectivity index (χ3n) is 6.21.